The third-order valence-corrected chi connectivity index (χ3v) is 2.15. The SMILES string of the molecule is Cc1noc(OCCOc2ccc(Cl)cc2)n1. The predicted octanol–water partition coefficient (Wildman–Crippen LogP) is 2.49. The highest BCUT2D eigenvalue weighted by Gasteiger charge is 2.02. The maximum atomic E-state index is 5.75. The highest BCUT2D eigenvalue weighted by atomic mass is 35.5. The van der Waals surface area contributed by atoms with E-state index in [1.165, 1.54) is 0 Å². The Hall–Kier alpha value is -1.75. The molecule has 0 N–H and O–H groups in total. The monoisotopic (exact) mass is 254 g/mol. The number of halogens is 1. The Morgan fingerprint density at radius 3 is 2.53 bits per heavy atom. The van der Waals surface area contributed by atoms with Crippen LogP contribution in [0.5, 0.6) is 11.8 Å². The fourth-order valence-corrected chi connectivity index (χ4v) is 1.28. The second kappa shape index (κ2) is 5.54. The predicted molar refractivity (Wildman–Crippen MR) is 61.5 cm³/mol. The van der Waals surface area contributed by atoms with Crippen LogP contribution in [-0.2, 0) is 0 Å². The first-order valence-electron chi connectivity index (χ1n) is 5.05. The third-order valence-electron chi connectivity index (χ3n) is 1.90. The molecule has 1 heterocycles. The molecule has 0 saturated carbocycles. The maximum absolute atomic E-state index is 5.75. The first kappa shape index (κ1) is 11.7. The lowest BCUT2D eigenvalue weighted by Gasteiger charge is -2.05. The average molecular weight is 255 g/mol. The van der Waals surface area contributed by atoms with Crippen molar-refractivity contribution in [2.24, 2.45) is 0 Å². The Morgan fingerprint density at radius 2 is 1.88 bits per heavy atom. The van der Waals surface area contributed by atoms with Crippen LogP contribution in [0.1, 0.15) is 5.82 Å². The molecule has 1 aromatic heterocycles. The van der Waals surface area contributed by atoms with E-state index < -0.39 is 0 Å². The van der Waals surface area contributed by atoms with Gasteiger partial charge in [0.15, 0.2) is 5.82 Å². The largest absolute Gasteiger partial charge is 0.490 e. The molecule has 0 fully saturated rings. The molecule has 0 atom stereocenters. The molecule has 0 amide bonds. The minimum Gasteiger partial charge on any atom is -0.490 e. The van der Waals surface area contributed by atoms with Crippen LogP contribution in [0.4, 0.5) is 0 Å². The zero-order valence-corrected chi connectivity index (χ0v) is 9.98. The van der Waals surface area contributed by atoms with Gasteiger partial charge < -0.3 is 9.47 Å². The smallest absolute Gasteiger partial charge is 0.417 e. The van der Waals surface area contributed by atoms with Crippen molar-refractivity contribution in [2.75, 3.05) is 13.2 Å². The van der Waals surface area contributed by atoms with Gasteiger partial charge in [0, 0.05) is 5.02 Å². The highest BCUT2D eigenvalue weighted by molar-refractivity contribution is 6.30. The number of rotatable bonds is 5. The Labute approximate surface area is 103 Å². The van der Waals surface area contributed by atoms with Crippen molar-refractivity contribution in [1.29, 1.82) is 0 Å². The van der Waals surface area contributed by atoms with Crippen LogP contribution < -0.4 is 9.47 Å². The number of hydrogen-bond acceptors (Lipinski definition) is 5. The summed E-state index contributed by atoms with van der Waals surface area (Å²) in [6.45, 7) is 2.45. The minimum atomic E-state index is 0.155. The number of hydrogen-bond donors (Lipinski definition) is 0. The fraction of sp³-hybridized carbons (Fsp3) is 0.273. The van der Waals surface area contributed by atoms with Gasteiger partial charge in [-0.1, -0.05) is 16.8 Å². The van der Waals surface area contributed by atoms with E-state index >= 15 is 0 Å². The number of ether oxygens (including phenoxy) is 2. The van der Waals surface area contributed by atoms with E-state index in [4.69, 9.17) is 25.6 Å². The summed E-state index contributed by atoms with van der Waals surface area (Å²) in [5, 5.41) is 4.27. The quantitative estimate of drug-likeness (QED) is 0.768. The minimum absolute atomic E-state index is 0.155. The van der Waals surface area contributed by atoms with E-state index in [1.807, 2.05) is 0 Å². The van der Waals surface area contributed by atoms with Crippen LogP contribution in [-0.4, -0.2) is 23.4 Å². The molecule has 1 aromatic carbocycles. The van der Waals surface area contributed by atoms with Crippen LogP contribution in [0.15, 0.2) is 28.8 Å². The van der Waals surface area contributed by atoms with E-state index in [9.17, 15) is 0 Å². The topological polar surface area (TPSA) is 57.4 Å². The normalized spacial score (nSPS) is 10.2. The van der Waals surface area contributed by atoms with Gasteiger partial charge in [0.1, 0.15) is 19.0 Å². The molecule has 0 aliphatic carbocycles. The molecule has 0 unspecified atom stereocenters. The van der Waals surface area contributed by atoms with E-state index in [1.54, 1.807) is 31.2 Å². The molecule has 0 spiro atoms. The molecule has 0 aliphatic heterocycles. The third kappa shape index (κ3) is 3.64. The Balaban J connectivity index is 1.71. The summed E-state index contributed by atoms with van der Waals surface area (Å²) in [5.74, 6) is 1.28. The van der Waals surface area contributed by atoms with Crippen LogP contribution in [0.2, 0.25) is 5.02 Å². The molecule has 90 valence electrons. The lowest BCUT2D eigenvalue weighted by Crippen LogP contribution is -2.09. The van der Waals surface area contributed by atoms with Crippen LogP contribution in [0.25, 0.3) is 0 Å². The number of nitrogens with zero attached hydrogens (tertiary/aromatic N) is 2. The number of benzene rings is 1. The van der Waals surface area contributed by atoms with Gasteiger partial charge in [-0.15, -0.1) is 0 Å². The van der Waals surface area contributed by atoms with Gasteiger partial charge >= 0.3 is 6.08 Å². The van der Waals surface area contributed by atoms with Gasteiger partial charge in [0.25, 0.3) is 0 Å². The van der Waals surface area contributed by atoms with Gasteiger partial charge in [-0.05, 0) is 31.2 Å². The zero-order valence-electron chi connectivity index (χ0n) is 9.22. The lowest BCUT2D eigenvalue weighted by molar-refractivity contribution is 0.162. The average Bonchev–Trinajstić information content (AvgIpc) is 2.73. The molecule has 17 heavy (non-hydrogen) atoms. The summed E-state index contributed by atoms with van der Waals surface area (Å²) >= 11 is 5.75. The van der Waals surface area contributed by atoms with Crippen molar-refractivity contribution in [3.63, 3.8) is 0 Å². The maximum Gasteiger partial charge on any atom is 0.417 e. The van der Waals surface area contributed by atoms with Crippen LogP contribution in [0, 0.1) is 6.92 Å². The second-order valence-corrected chi connectivity index (χ2v) is 3.69. The first-order valence-corrected chi connectivity index (χ1v) is 5.43. The highest BCUT2D eigenvalue weighted by Crippen LogP contribution is 2.15. The van der Waals surface area contributed by atoms with Gasteiger partial charge in [-0.2, -0.15) is 4.98 Å². The van der Waals surface area contributed by atoms with Crippen molar-refractivity contribution in [3.8, 4) is 11.8 Å². The standard InChI is InChI=1S/C11H11ClN2O3/c1-8-13-11(17-14-8)16-7-6-15-10-4-2-9(12)3-5-10/h2-5H,6-7H2,1H3. The Bertz CT molecular complexity index is 470. The van der Waals surface area contributed by atoms with Gasteiger partial charge in [0.2, 0.25) is 0 Å². The summed E-state index contributed by atoms with van der Waals surface area (Å²) in [6.07, 6.45) is 0.155. The summed E-state index contributed by atoms with van der Waals surface area (Å²) in [5.41, 5.74) is 0. The van der Waals surface area contributed by atoms with Crippen molar-refractivity contribution in [1.82, 2.24) is 10.1 Å². The van der Waals surface area contributed by atoms with E-state index in [0.29, 0.717) is 24.1 Å². The fourth-order valence-electron chi connectivity index (χ4n) is 1.16. The van der Waals surface area contributed by atoms with E-state index in [0.717, 1.165) is 5.75 Å². The second-order valence-electron chi connectivity index (χ2n) is 3.26. The molecule has 0 saturated heterocycles. The molecule has 0 bridgehead atoms. The first-order chi connectivity index (χ1) is 8.24. The van der Waals surface area contributed by atoms with Crippen molar-refractivity contribution >= 4 is 11.6 Å². The molecular formula is C11H11ClN2O3. The molecule has 6 heteroatoms. The molecule has 2 rings (SSSR count). The van der Waals surface area contributed by atoms with E-state index in [2.05, 4.69) is 10.1 Å². The molecule has 2 aromatic rings. The van der Waals surface area contributed by atoms with Crippen LogP contribution >= 0.6 is 11.6 Å². The summed E-state index contributed by atoms with van der Waals surface area (Å²) in [6, 6.07) is 7.11. The molecule has 5 nitrogen and oxygen atoms in total. The number of aryl methyl sites for hydroxylation is 1. The Morgan fingerprint density at radius 1 is 1.18 bits per heavy atom. The molecule has 0 aliphatic rings. The van der Waals surface area contributed by atoms with Gasteiger partial charge in [-0.3, -0.25) is 4.52 Å². The van der Waals surface area contributed by atoms with Crippen LogP contribution in [0.3, 0.4) is 0 Å². The Kier molecular flexibility index (Phi) is 3.82. The molecular weight excluding hydrogens is 244 g/mol. The van der Waals surface area contributed by atoms with Gasteiger partial charge in [0.05, 0.1) is 0 Å². The summed E-state index contributed by atoms with van der Waals surface area (Å²) in [7, 11) is 0. The summed E-state index contributed by atoms with van der Waals surface area (Å²) in [4.78, 5) is 3.89. The molecule has 0 radical (unpaired) electrons. The lowest BCUT2D eigenvalue weighted by atomic mass is 10.3. The van der Waals surface area contributed by atoms with Crippen molar-refractivity contribution < 1.29 is 14.0 Å². The zero-order chi connectivity index (χ0) is 12.1. The van der Waals surface area contributed by atoms with Crippen molar-refractivity contribution in [3.05, 3.63) is 35.1 Å². The van der Waals surface area contributed by atoms with Crippen molar-refractivity contribution in [2.45, 2.75) is 6.92 Å². The van der Waals surface area contributed by atoms with Gasteiger partial charge in [-0.25, -0.2) is 0 Å². The van der Waals surface area contributed by atoms with E-state index in [-0.39, 0.29) is 6.08 Å². The number of aromatic nitrogens is 2. The summed E-state index contributed by atoms with van der Waals surface area (Å²) < 4.78 is 15.4.